The molecule has 0 atom stereocenters. The van der Waals surface area contributed by atoms with Gasteiger partial charge in [0.2, 0.25) is 0 Å². The Morgan fingerprint density at radius 2 is 1.76 bits per heavy atom. The first-order valence-corrected chi connectivity index (χ1v) is 7.92. The van der Waals surface area contributed by atoms with E-state index >= 15 is 0 Å². The zero-order valence-electron chi connectivity index (χ0n) is 10.9. The molecule has 0 amide bonds. The molecular weight excluding hydrogens is 311 g/mol. The van der Waals surface area contributed by atoms with E-state index in [1.807, 2.05) is 0 Å². The van der Waals surface area contributed by atoms with Crippen LogP contribution in [0.1, 0.15) is 5.56 Å². The van der Waals surface area contributed by atoms with Crippen LogP contribution in [-0.4, -0.2) is 13.4 Å². The van der Waals surface area contributed by atoms with Crippen LogP contribution in [0, 0.1) is 5.82 Å². The van der Waals surface area contributed by atoms with E-state index in [-0.39, 0.29) is 10.6 Å². The van der Waals surface area contributed by atoms with Crippen LogP contribution in [0.4, 0.5) is 10.1 Å². The first kappa shape index (κ1) is 15.4. The average Bonchev–Trinajstić information content (AvgIpc) is 2.41. The minimum atomic E-state index is -3.84. The lowest BCUT2D eigenvalue weighted by Gasteiger charge is -2.09. The molecule has 4 nitrogen and oxygen atoms in total. The van der Waals surface area contributed by atoms with Crippen LogP contribution in [0.5, 0.6) is 0 Å². The average molecular weight is 324 g/mol. The first-order valence-electron chi connectivity index (χ1n) is 6.03. The monoisotopic (exact) mass is 324 g/mol. The van der Waals surface area contributed by atoms with Crippen molar-refractivity contribution < 1.29 is 12.8 Å². The fourth-order valence-corrected chi connectivity index (χ4v) is 2.97. The summed E-state index contributed by atoms with van der Waals surface area (Å²) in [7, 11) is -3.84. The molecule has 2 aromatic carbocycles. The summed E-state index contributed by atoms with van der Waals surface area (Å²) < 4.78 is 40.0. The summed E-state index contributed by atoms with van der Waals surface area (Å²) in [6.45, 7) is 0. The van der Waals surface area contributed by atoms with Crippen LogP contribution in [0.25, 0.3) is 0 Å². The third-order valence-corrected chi connectivity index (χ3v) is 4.26. The van der Waals surface area contributed by atoms with Crippen LogP contribution in [0.15, 0.2) is 53.4 Å². The highest BCUT2D eigenvalue weighted by Gasteiger charge is 2.15. The maximum Gasteiger partial charge on any atom is 0.261 e. The molecule has 0 aromatic heterocycles. The van der Waals surface area contributed by atoms with E-state index in [1.54, 1.807) is 18.2 Å². The van der Waals surface area contributed by atoms with Gasteiger partial charge >= 0.3 is 0 Å². The standard InChI is InChI=1S/C14H13FN2O2S2/c15-12-3-1-2-4-13(12)17-21(18,19)11-7-5-10(6-8-11)9-14(16)20/h1-8,17H,9H2,(H2,16,20). The Bertz CT molecular complexity index is 759. The fraction of sp³-hybridized carbons (Fsp3) is 0.0714. The lowest BCUT2D eigenvalue weighted by Crippen LogP contribution is -2.14. The molecule has 0 aliphatic rings. The van der Waals surface area contributed by atoms with Gasteiger partial charge in [-0.25, -0.2) is 12.8 Å². The number of nitrogens with one attached hydrogen (secondary N) is 1. The summed E-state index contributed by atoms with van der Waals surface area (Å²) in [4.78, 5) is 0.368. The van der Waals surface area contributed by atoms with E-state index in [1.165, 1.54) is 30.3 Å². The summed E-state index contributed by atoms with van der Waals surface area (Å²) in [5, 5.41) is 0. The molecule has 21 heavy (non-hydrogen) atoms. The van der Waals surface area contributed by atoms with Crippen LogP contribution < -0.4 is 10.5 Å². The van der Waals surface area contributed by atoms with Gasteiger partial charge in [0.05, 0.1) is 15.6 Å². The molecule has 0 bridgehead atoms. The van der Waals surface area contributed by atoms with Crippen LogP contribution in [0.2, 0.25) is 0 Å². The third kappa shape index (κ3) is 3.99. The highest BCUT2D eigenvalue weighted by Crippen LogP contribution is 2.19. The van der Waals surface area contributed by atoms with Gasteiger partial charge in [-0.05, 0) is 29.8 Å². The number of hydrogen-bond acceptors (Lipinski definition) is 3. The van der Waals surface area contributed by atoms with Crippen LogP contribution in [-0.2, 0) is 16.4 Å². The molecule has 0 radical (unpaired) electrons. The second kappa shape index (κ2) is 6.19. The SMILES string of the molecule is NC(=S)Cc1ccc(S(=O)(=O)Nc2ccccc2F)cc1. The van der Waals surface area contributed by atoms with Gasteiger partial charge in [-0.2, -0.15) is 0 Å². The molecule has 0 aliphatic carbocycles. The maximum absolute atomic E-state index is 13.5. The molecule has 7 heteroatoms. The molecule has 0 saturated carbocycles. The Hall–Kier alpha value is -1.99. The predicted octanol–water partition coefficient (Wildman–Crippen LogP) is 2.46. The zero-order chi connectivity index (χ0) is 15.5. The van der Waals surface area contributed by atoms with Crippen LogP contribution >= 0.6 is 12.2 Å². The fourth-order valence-electron chi connectivity index (χ4n) is 1.74. The molecule has 0 unspecified atom stereocenters. The lowest BCUT2D eigenvalue weighted by atomic mass is 10.1. The number of sulfonamides is 1. The van der Waals surface area contributed by atoms with Crippen molar-refractivity contribution in [1.82, 2.24) is 0 Å². The Kier molecular flexibility index (Phi) is 4.54. The third-order valence-electron chi connectivity index (χ3n) is 2.73. The summed E-state index contributed by atoms with van der Waals surface area (Å²) in [5.74, 6) is -0.633. The van der Waals surface area contributed by atoms with E-state index in [9.17, 15) is 12.8 Å². The normalized spacial score (nSPS) is 11.1. The van der Waals surface area contributed by atoms with Gasteiger partial charge in [-0.15, -0.1) is 0 Å². The van der Waals surface area contributed by atoms with Gasteiger partial charge in [0.1, 0.15) is 5.82 Å². The number of anilines is 1. The van der Waals surface area contributed by atoms with E-state index in [4.69, 9.17) is 18.0 Å². The van der Waals surface area contributed by atoms with E-state index < -0.39 is 15.8 Å². The highest BCUT2D eigenvalue weighted by atomic mass is 32.2. The number of thiocarbonyl (C=S) groups is 1. The number of rotatable bonds is 5. The van der Waals surface area contributed by atoms with Gasteiger partial charge in [0.15, 0.2) is 0 Å². The molecular formula is C14H13FN2O2S2. The Labute approximate surface area is 127 Å². The number of benzene rings is 2. The Morgan fingerprint density at radius 3 is 2.33 bits per heavy atom. The molecule has 2 aromatic rings. The van der Waals surface area contributed by atoms with Gasteiger partial charge in [-0.1, -0.05) is 36.5 Å². The Morgan fingerprint density at radius 1 is 1.14 bits per heavy atom. The van der Waals surface area contributed by atoms with Crippen molar-refractivity contribution in [3.63, 3.8) is 0 Å². The molecule has 2 rings (SSSR count). The van der Waals surface area contributed by atoms with Gasteiger partial charge in [0.25, 0.3) is 10.0 Å². The Balaban J connectivity index is 2.24. The minimum absolute atomic E-state index is 0.0393. The number of para-hydroxylation sites is 1. The number of nitrogens with two attached hydrogens (primary N) is 1. The molecule has 110 valence electrons. The largest absolute Gasteiger partial charge is 0.393 e. The smallest absolute Gasteiger partial charge is 0.261 e. The van der Waals surface area contributed by atoms with Crippen molar-refractivity contribution in [2.24, 2.45) is 5.73 Å². The number of hydrogen-bond donors (Lipinski definition) is 2. The maximum atomic E-state index is 13.5. The minimum Gasteiger partial charge on any atom is -0.393 e. The predicted molar refractivity (Wildman–Crippen MR) is 84.1 cm³/mol. The van der Waals surface area contributed by atoms with Gasteiger partial charge in [-0.3, -0.25) is 4.72 Å². The van der Waals surface area contributed by atoms with Crippen molar-refractivity contribution in [1.29, 1.82) is 0 Å². The van der Waals surface area contributed by atoms with Crippen molar-refractivity contribution in [2.45, 2.75) is 11.3 Å². The van der Waals surface area contributed by atoms with Crippen LogP contribution in [0.3, 0.4) is 0 Å². The second-order valence-electron chi connectivity index (χ2n) is 4.37. The highest BCUT2D eigenvalue weighted by molar-refractivity contribution is 7.92. The summed E-state index contributed by atoms with van der Waals surface area (Å²) in [6.07, 6.45) is 0.399. The summed E-state index contributed by atoms with van der Waals surface area (Å²) >= 11 is 4.79. The van der Waals surface area contributed by atoms with E-state index in [0.29, 0.717) is 11.4 Å². The van der Waals surface area contributed by atoms with Crippen molar-refractivity contribution >= 4 is 32.9 Å². The molecule has 0 saturated heterocycles. The second-order valence-corrected chi connectivity index (χ2v) is 6.58. The van der Waals surface area contributed by atoms with E-state index in [0.717, 1.165) is 5.56 Å². The molecule has 3 N–H and O–H groups in total. The molecule has 0 spiro atoms. The molecule has 0 heterocycles. The van der Waals surface area contributed by atoms with Crippen molar-refractivity contribution in [3.8, 4) is 0 Å². The van der Waals surface area contributed by atoms with Gasteiger partial charge < -0.3 is 5.73 Å². The lowest BCUT2D eigenvalue weighted by molar-refractivity contribution is 0.598. The topological polar surface area (TPSA) is 72.2 Å². The molecule has 0 fully saturated rings. The van der Waals surface area contributed by atoms with Crippen molar-refractivity contribution in [3.05, 3.63) is 59.9 Å². The van der Waals surface area contributed by atoms with Crippen molar-refractivity contribution in [2.75, 3.05) is 4.72 Å². The number of halogens is 1. The first-order chi connectivity index (χ1) is 9.88. The summed E-state index contributed by atoms with van der Waals surface area (Å²) in [6, 6.07) is 11.7. The quantitative estimate of drug-likeness (QED) is 0.829. The molecule has 0 aliphatic heterocycles. The summed E-state index contributed by atoms with van der Waals surface area (Å²) in [5.41, 5.74) is 6.15. The van der Waals surface area contributed by atoms with E-state index in [2.05, 4.69) is 4.72 Å². The van der Waals surface area contributed by atoms with Gasteiger partial charge in [0, 0.05) is 6.42 Å². The zero-order valence-corrected chi connectivity index (χ0v) is 12.5.